The average Bonchev–Trinajstić information content (AvgIpc) is 2.30. The van der Waals surface area contributed by atoms with Crippen LogP contribution < -0.4 is 4.72 Å². The second-order valence-electron chi connectivity index (χ2n) is 4.15. The number of rotatable bonds is 4. The molecular weight excluding hydrogens is 339 g/mol. The van der Waals surface area contributed by atoms with E-state index >= 15 is 0 Å². The highest BCUT2D eigenvalue weighted by Gasteiger charge is 2.25. The van der Waals surface area contributed by atoms with E-state index in [2.05, 4.69) is 20.7 Å². The van der Waals surface area contributed by atoms with Gasteiger partial charge in [0, 0.05) is 18.6 Å². The first kappa shape index (κ1) is 16.1. The third-order valence-corrected chi connectivity index (χ3v) is 4.37. The van der Waals surface area contributed by atoms with E-state index in [0.717, 1.165) is 12.1 Å². The maximum Gasteiger partial charge on any atom is 0.244 e. The molecule has 8 heteroatoms. The quantitative estimate of drug-likeness (QED) is 0.889. The summed E-state index contributed by atoms with van der Waals surface area (Å²) in [6.07, 6.45) is 0. The molecule has 0 radical (unpaired) electrons. The van der Waals surface area contributed by atoms with Gasteiger partial charge in [-0.3, -0.25) is 4.79 Å². The summed E-state index contributed by atoms with van der Waals surface area (Å²) in [4.78, 5) is 12.4. The van der Waals surface area contributed by atoms with Crippen molar-refractivity contribution in [2.24, 2.45) is 0 Å². The molecule has 1 aromatic carbocycles. The zero-order chi connectivity index (χ0) is 14.8. The first-order valence-electron chi connectivity index (χ1n) is 5.33. The van der Waals surface area contributed by atoms with E-state index < -0.39 is 32.7 Å². The molecule has 106 valence electrons. The van der Waals surface area contributed by atoms with E-state index in [-0.39, 0.29) is 0 Å². The lowest BCUT2D eigenvalue weighted by molar-refractivity contribution is -0.130. The van der Waals surface area contributed by atoms with Crippen molar-refractivity contribution in [3.05, 3.63) is 28.5 Å². The number of benzene rings is 1. The van der Waals surface area contributed by atoms with Crippen LogP contribution in [-0.2, 0) is 14.8 Å². The molecule has 0 aliphatic rings. The van der Waals surface area contributed by atoms with E-state index in [1.54, 1.807) is 0 Å². The topological polar surface area (TPSA) is 66.5 Å². The molecule has 0 unspecified atom stereocenters. The van der Waals surface area contributed by atoms with E-state index in [9.17, 15) is 17.6 Å². The molecule has 1 rings (SSSR count). The van der Waals surface area contributed by atoms with Crippen molar-refractivity contribution >= 4 is 31.9 Å². The number of hydrogen-bond donors (Lipinski definition) is 1. The monoisotopic (exact) mass is 352 g/mol. The van der Waals surface area contributed by atoms with Gasteiger partial charge in [-0.05, 0) is 25.1 Å². The summed E-state index contributed by atoms with van der Waals surface area (Å²) < 4.78 is 40.1. The van der Waals surface area contributed by atoms with Gasteiger partial charge in [0.05, 0.1) is 6.04 Å². The normalized spacial score (nSPS) is 13.1. The first-order valence-corrected chi connectivity index (χ1v) is 7.61. The highest BCUT2D eigenvalue weighted by atomic mass is 79.9. The number of amides is 1. The summed E-state index contributed by atoms with van der Waals surface area (Å²) in [7, 11) is -1.08. The number of sulfonamides is 1. The molecule has 0 fully saturated rings. The minimum absolute atomic E-state index is 0.418. The van der Waals surface area contributed by atoms with Gasteiger partial charge < -0.3 is 4.90 Å². The third-order valence-electron chi connectivity index (χ3n) is 2.33. The van der Waals surface area contributed by atoms with Gasteiger partial charge in [-0.2, -0.15) is 4.72 Å². The molecule has 1 N–H and O–H groups in total. The van der Waals surface area contributed by atoms with Crippen LogP contribution in [0.3, 0.4) is 0 Å². The molecule has 19 heavy (non-hydrogen) atoms. The lowest BCUT2D eigenvalue weighted by atomic mass is 10.3. The average molecular weight is 353 g/mol. The fourth-order valence-corrected chi connectivity index (χ4v) is 3.23. The Balaban J connectivity index is 3.05. The number of nitrogens with one attached hydrogen (secondary N) is 1. The van der Waals surface area contributed by atoms with Gasteiger partial charge in [0.25, 0.3) is 0 Å². The smallest absolute Gasteiger partial charge is 0.244 e. The molecule has 1 amide bonds. The van der Waals surface area contributed by atoms with Crippen LogP contribution in [0.4, 0.5) is 4.39 Å². The molecule has 0 aliphatic heterocycles. The van der Waals surface area contributed by atoms with Crippen LogP contribution in [0.5, 0.6) is 0 Å². The molecule has 0 aliphatic carbocycles. The maximum atomic E-state index is 13.5. The van der Waals surface area contributed by atoms with Gasteiger partial charge >= 0.3 is 0 Å². The van der Waals surface area contributed by atoms with E-state index in [0.29, 0.717) is 4.47 Å². The summed E-state index contributed by atoms with van der Waals surface area (Å²) in [5, 5.41) is 0. The second kappa shape index (κ2) is 5.98. The molecule has 0 aromatic heterocycles. The van der Waals surface area contributed by atoms with Crippen molar-refractivity contribution in [3.63, 3.8) is 0 Å². The minimum atomic E-state index is -4.09. The van der Waals surface area contributed by atoms with Gasteiger partial charge in [0.15, 0.2) is 0 Å². The number of hydrogen-bond acceptors (Lipinski definition) is 3. The Kier molecular flexibility index (Phi) is 5.05. The van der Waals surface area contributed by atoms with Crippen molar-refractivity contribution < 1.29 is 17.6 Å². The fourth-order valence-electron chi connectivity index (χ4n) is 1.42. The zero-order valence-corrected chi connectivity index (χ0v) is 13.0. The Morgan fingerprint density at radius 3 is 2.53 bits per heavy atom. The molecule has 1 aromatic rings. The predicted molar refractivity (Wildman–Crippen MR) is 72.6 cm³/mol. The van der Waals surface area contributed by atoms with Gasteiger partial charge in [0.2, 0.25) is 15.9 Å². The van der Waals surface area contributed by atoms with Gasteiger partial charge in [-0.1, -0.05) is 15.9 Å². The van der Waals surface area contributed by atoms with Gasteiger partial charge in [-0.25, -0.2) is 12.8 Å². The Labute approximate surface area is 120 Å². The Hall–Kier alpha value is -0.990. The molecule has 0 spiro atoms. The highest BCUT2D eigenvalue weighted by Crippen LogP contribution is 2.20. The second-order valence-corrected chi connectivity index (χ2v) is 6.75. The van der Waals surface area contributed by atoms with Crippen LogP contribution >= 0.6 is 15.9 Å². The molecule has 0 bridgehead atoms. The van der Waals surface area contributed by atoms with Crippen LogP contribution in [0.25, 0.3) is 0 Å². The van der Waals surface area contributed by atoms with Crippen molar-refractivity contribution in [1.82, 2.24) is 9.62 Å². The Morgan fingerprint density at radius 2 is 2.00 bits per heavy atom. The number of likely N-dealkylation sites (N-methyl/N-ethyl adjacent to an activating group) is 1. The van der Waals surface area contributed by atoms with E-state index in [1.165, 1.54) is 32.0 Å². The summed E-state index contributed by atoms with van der Waals surface area (Å²) in [6.45, 7) is 1.40. The Morgan fingerprint density at radius 1 is 1.42 bits per heavy atom. The van der Waals surface area contributed by atoms with Crippen LogP contribution in [0.15, 0.2) is 27.6 Å². The summed E-state index contributed by atoms with van der Waals surface area (Å²) in [6, 6.07) is 2.60. The van der Waals surface area contributed by atoms with E-state index in [4.69, 9.17) is 0 Å². The largest absolute Gasteiger partial charge is 0.347 e. The minimum Gasteiger partial charge on any atom is -0.347 e. The van der Waals surface area contributed by atoms with Crippen molar-refractivity contribution in [3.8, 4) is 0 Å². The van der Waals surface area contributed by atoms with Crippen molar-refractivity contribution in [2.45, 2.75) is 17.9 Å². The molecule has 0 saturated carbocycles. The summed E-state index contributed by atoms with van der Waals surface area (Å²) in [5.74, 6) is -1.29. The molecule has 1 atom stereocenters. The van der Waals surface area contributed by atoms with Crippen molar-refractivity contribution in [1.29, 1.82) is 0 Å². The summed E-state index contributed by atoms with van der Waals surface area (Å²) >= 11 is 3.07. The lowest BCUT2D eigenvalue weighted by Gasteiger charge is -2.18. The summed E-state index contributed by atoms with van der Waals surface area (Å²) in [5.41, 5.74) is 0. The number of halogens is 2. The predicted octanol–water partition coefficient (Wildman–Crippen LogP) is 1.34. The first-order chi connectivity index (χ1) is 8.65. The number of nitrogens with zero attached hydrogens (tertiary/aromatic N) is 1. The fraction of sp³-hybridized carbons (Fsp3) is 0.364. The van der Waals surface area contributed by atoms with Crippen LogP contribution in [-0.4, -0.2) is 39.4 Å². The molecule has 0 heterocycles. The van der Waals surface area contributed by atoms with Crippen LogP contribution in [0.1, 0.15) is 6.92 Å². The Bertz CT molecular complexity index is 590. The zero-order valence-electron chi connectivity index (χ0n) is 10.6. The van der Waals surface area contributed by atoms with Gasteiger partial charge in [0.1, 0.15) is 10.7 Å². The number of carbonyl (C=O) groups excluding carboxylic acids is 1. The SMILES string of the molecule is C[C@H](NS(=O)(=O)c1cc(Br)ccc1F)C(=O)N(C)C. The van der Waals surface area contributed by atoms with E-state index in [1.807, 2.05) is 0 Å². The third kappa shape index (κ3) is 3.99. The van der Waals surface area contributed by atoms with Crippen LogP contribution in [0, 0.1) is 5.82 Å². The van der Waals surface area contributed by atoms with Crippen molar-refractivity contribution in [2.75, 3.05) is 14.1 Å². The molecule has 5 nitrogen and oxygen atoms in total. The molecule has 0 saturated heterocycles. The molecular formula is C11H14BrFN2O3S. The lowest BCUT2D eigenvalue weighted by Crippen LogP contribution is -2.44. The maximum absolute atomic E-state index is 13.5. The number of carbonyl (C=O) groups is 1. The highest BCUT2D eigenvalue weighted by molar-refractivity contribution is 9.10. The standard InChI is InChI=1S/C11H14BrFN2O3S/c1-7(11(16)15(2)3)14-19(17,18)10-6-8(12)4-5-9(10)13/h4-7,14H,1-3H3/t7-/m0/s1. The van der Waals surface area contributed by atoms with Crippen LogP contribution in [0.2, 0.25) is 0 Å². The van der Waals surface area contributed by atoms with Gasteiger partial charge in [-0.15, -0.1) is 0 Å².